The van der Waals surface area contributed by atoms with Gasteiger partial charge in [-0.05, 0) is 43.4 Å². The Hall–Kier alpha value is -1.13. The molecule has 0 bridgehead atoms. The van der Waals surface area contributed by atoms with Crippen molar-refractivity contribution in [3.63, 3.8) is 0 Å². The zero-order chi connectivity index (χ0) is 14.1. The van der Waals surface area contributed by atoms with E-state index < -0.39 is 0 Å². The molecule has 0 radical (unpaired) electrons. The number of methoxy groups -OCH3 is 1. The molecule has 0 amide bonds. The van der Waals surface area contributed by atoms with Crippen molar-refractivity contribution in [1.29, 1.82) is 0 Å². The Balaban J connectivity index is 2.49. The largest absolute Gasteiger partial charge is 0.493 e. The van der Waals surface area contributed by atoms with E-state index in [0.717, 1.165) is 31.4 Å². The normalized spacial score (nSPS) is 12.4. The van der Waals surface area contributed by atoms with Gasteiger partial charge < -0.3 is 15.2 Å². The summed E-state index contributed by atoms with van der Waals surface area (Å²) in [5.74, 6) is 0.309. The standard InChI is InChI=1S/C15H24FNO2/c1-3-14(17)9-12-8-13(16)11-15(10-12)19-7-5-4-6-18-2/h8,10-11,14H,3-7,9,17H2,1-2H3. The molecule has 1 aromatic rings. The van der Waals surface area contributed by atoms with Crippen LogP contribution in [-0.2, 0) is 11.2 Å². The first-order chi connectivity index (χ1) is 9.15. The molecule has 19 heavy (non-hydrogen) atoms. The number of hydrogen-bond acceptors (Lipinski definition) is 3. The molecule has 1 aromatic carbocycles. The first kappa shape index (κ1) is 15.9. The van der Waals surface area contributed by atoms with Crippen LogP contribution >= 0.6 is 0 Å². The summed E-state index contributed by atoms with van der Waals surface area (Å²) in [7, 11) is 1.68. The smallest absolute Gasteiger partial charge is 0.127 e. The quantitative estimate of drug-likeness (QED) is 0.701. The topological polar surface area (TPSA) is 44.5 Å². The Morgan fingerprint density at radius 1 is 1.21 bits per heavy atom. The van der Waals surface area contributed by atoms with E-state index in [4.69, 9.17) is 15.2 Å². The van der Waals surface area contributed by atoms with E-state index in [1.807, 2.05) is 13.0 Å². The van der Waals surface area contributed by atoms with Gasteiger partial charge in [-0.15, -0.1) is 0 Å². The Bertz CT molecular complexity index is 371. The maximum Gasteiger partial charge on any atom is 0.127 e. The van der Waals surface area contributed by atoms with Crippen LogP contribution in [0.1, 0.15) is 31.7 Å². The number of rotatable bonds is 9. The van der Waals surface area contributed by atoms with Crippen molar-refractivity contribution in [2.45, 2.75) is 38.6 Å². The van der Waals surface area contributed by atoms with E-state index in [-0.39, 0.29) is 11.9 Å². The van der Waals surface area contributed by atoms with Crippen LogP contribution in [0.25, 0.3) is 0 Å². The molecule has 2 N–H and O–H groups in total. The van der Waals surface area contributed by atoms with Gasteiger partial charge in [0.25, 0.3) is 0 Å². The molecule has 4 heteroatoms. The van der Waals surface area contributed by atoms with Gasteiger partial charge in [0.15, 0.2) is 0 Å². The van der Waals surface area contributed by atoms with E-state index >= 15 is 0 Å². The van der Waals surface area contributed by atoms with Crippen LogP contribution in [-0.4, -0.2) is 26.4 Å². The molecule has 0 saturated carbocycles. The number of benzene rings is 1. The van der Waals surface area contributed by atoms with E-state index in [9.17, 15) is 4.39 Å². The minimum Gasteiger partial charge on any atom is -0.493 e. The number of ether oxygens (including phenoxy) is 2. The highest BCUT2D eigenvalue weighted by atomic mass is 19.1. The second-order valence-corrected chi connectivity index (χ2v) is 4.72. The molecular formula is C15H24FNO2. The molecule has 0 heterocycles. The van der Waals surface area contributed by atoms with Crippen molar-refractivity contribution in [2.24, 2.45) is 5.73 Å². The third kappa shape index (κ3) is 6.55. The van der Waals surface area contributed by atoms with Crippen LogP contribution in [0.5, 0.6) is 5.75 Å². The SMILES string of the molecule is CCC(N)Cc1cc(F)cc(OCCCCOC)c1. The van der Waals surface area contributed by atoms with Crippen molar-refractivity contribution < 1.29 is 13.9 Å². The van der Waals surface area contributed by atoms with Crippen molar-refractivity contribution in [3.8, 4) is 5.75 Å². The first-order valence-corrected chi connectivity index (χ1v) is 6.82. The van der Waals surface area contributed by atoms with Gasteiger partial charge in [-0.2, -0.15) is 0 Å². The number of halogens is 1. The summed E-state index contributed by atoms with van der Waals surface area (Å²) in [5.41, 5.74) is 6.77. The molecule has 1 unspecified atom stereocenters. The van der Waals surface area contributed by atoms with Gasteiger partial charge in [0.2, 0.25) is 0 Å². The monoisotopic (exact) mass is 269 g/mol. The maximum absolute atomic E-state index is 13.5. The summed E-state index contributed by atoms with van der Waals surface area (Å²) in [6, 6.07) is 4.87. The molecule has 3 nitrogen and oxygen atoms in total. The van der Waals surface area contributed by atoms with Crippen LogP contribution in [0.2, 0.25) is 0 Å². The van der Waals surface area contributed by atoms with Crippen LogP contribution < -0.4 is 10.5 Å². The molecular weight excluding hydrogens is 245 g/mol. The molecule has 108 valence electrons. The van der Waals surface area contributed by atoms with E-state index in [0.29, 0.717) is 18.8 Å². The Morgan fingerprint density at radius 3 is 2.63 bits per heavy atom. The third-order valence-electron chi connectivity index (χ3n) is 2.96. The lowest BCUT2D eigenvalue weighted by atomic mass is 10.0. The molecule has 0 fully saturated rings. The van der Waals surface area contributed by atoms with E-state index in [1.54, 1.807) is 7.11 Å². The fourth-order valence-electron chi connectivity index (χ4n) is 1.81. The molecule has 0 aliphatic carbocycles. The fourth-order valence-corrected chi connectivity index (χ4v) is 1.81. The number of hydrogen-bond donors (Lipinski definition) is 1. The molecule has 0 aromatic heterocycles. The van der Waals surface area contributed by atoms with E-state index in [1.165, 1.54) is 12.1 Å². The van der Waals surface area contributed by atoms with Crippen molar-refractivity contribution >= 4 is 0 Å². The molecule has 0 spiro atoms. The molecule has 0 aliphatic heterocycles. The van der Waals surface area contributed by atoms with Crippen LogP contribution in [0.15, 0.2) is 18.2 Å². The lowest BCUT2D eigenvalue weighted by Gasteiger charge is -2.11. The van der Waals surface area contributed by atoms with Crippen LogP contribution in [0.3, 0.4) is 0 Å². The molecule has 1 rings (SSSR count). The molecule has 0 saturated heterocycles. The van der Waals surface area contributed by atoms with Crippen LogP contribution in [0, 0.1) is 5.82 Å². The predicted octanol–water partition coefficient (Wildman–Crippen LogP) is 2.91. The second-order valence-electron chi connectivity index (χ2n) is 4.72. The zero-order valence-electron chi connectivity index (χ0n) is 11.8. The average Bonchev–Trinajstić information content (AvgIpc) is 2.37. The zero-order valence-corrected chi connectivity index (χ0v) is 11.8. The lowest BCUT2D eigenvalue weighted by molar-refractivity contribution is 0.184. The Kier molecular flexibility index (Phi) is 7.45. The predicted molar refractivity (Wildman–Crippen MR) is 75.0 cm³/mol. The van der Waals surface area contributed by atoms with E-state index in [2.05, 4.69) is 0 Å². The number of unbranched alkanes of at least 4 members (excludes halogenated alkanes) is 1. The molecule has 0 aliphatic rings. The summed E-state index contributed by atoms with van der Waals surface area (Å²) in [6.07, 6.45) is 3.39. The minimum atomic E-state index is -0.271. The Labute approximate surface area is 114 Å². The first-order valence-electron chi connectivity index (χ1n) is 6.82. The number of nitrogens with two attached hydrogens (primary N) is 1. The van der Waals surface area contributed by atoms with Gasteiger partial charge in [0.05, 0.1) is 6.61 Å². The highest BCUT2D eigenvalue weighted by Crippen LogP contribution is 2.18. The summed E-state index contributed by atoms with van der Waals surface area (Å²) in [6.45, 7) is 3.33. The minimum absolute atomic E-state index is 0.0661. The highest BCUT2D eigenvalue weighted by molar-refractivity contribution is 5.30. The molecule has 1 atom stereocenters. The van der Waals surface area contributed by atoms with Crippen molar-refractivity contribution in [2.75, 3.05) is 20.3 Å². The average molecular weight is 269 g/mol. The maximum atomic E-state index is 13.5. The third-order valence-corrected chi connectivity index (χ3v) is 2.96. The van der Waals surface area contributed by atoms with Gasteiger partial charge >= 0.3 is 0 Å². The summed E-state index contributed by atoms with van der Waals surface area (Å²) >= 11 is 0. The van der Waals surface area contributed by atoms with Crippen LogP contribution in [0.4, 0.5) is 4.39 Å². The van der Waals surface area contributed by atoms with Gasteiger partial charge in [0.1, 0.15) is 11.6 Å². The van der Waals surface area contributed by atoms with Gasteiger partial charge in [0, 0.05) is 25.8 Å². The fraction of sp³-hybridized carbons (Fsp3) is 0.600. The summed E-state index contributed by atoms with van der Waals surface area (Å²) in [4.78, 5) is 0. The summed E-state index contributed by atoms with van der Waals surface area (Å²) < 4.78 is 24.0. The lowest BCUT2D eigenvalue weighted by Crippen LogP contribution is -2.21. The van der Waals surface area contributed by atoms with Gasteiger partial charge in [-0.3, -0.25) is 0 Å². The Morgan fingerprint density at radius 2 is 1.95 bits per heavy atom. The van der Waals surface area contributed by atoms with Crippen molar-refractivity contribution in [3.05, 3.63) is 29.6 Å². The second kappa shape index (κ2) is 8.88. The van der Waals surface area contributed by atoms with Gasteiger partial charge in [-0.25, -0.2) is 4.39 Å². The van der Waals surface area contributed by atoms with Gasteiger partial charge in [-0.1, -0.05) is 6.92 Å². The summed E-state index contributed by atoms with van der Waals surface area (Å²) in [5, 5.41) is 0. The highest BCUT2D eigenvalue weighted by Gasteiger charge is 2.06. The van der Waals surface area contributed by atoms with Crippen molar-refractivity contribution in [1.82, 2.24) is 0 Å².